The molecule has 0 bridgehead atoms. The molecule has 4 aromatic rings. The summed E-state index contributed by atoms with van der Waals surface area (Å²) in [5.41, 5.74) is 6.27. The van der Waals surface area contributed by atoms with Gasteiger partial charge in [-0.15, -0.1) is 0 Å². The third-order valence-electron chi connectivity index (χ3n) is 10.6. The molecule has 1 aromatic heterocycles. The van der Waals surface area contributed by atoms with Gasteiger partial charge in [-0.2, -0.15) is 5.10 Å². The number of fused-ring (bicyclic) bond motifs is 1. The van der Waals surface area contributed by atoms with Crippen LogP contribution in [0.3, 0.4) is 0 Å². The lowest BCUT2D eigenvalue weighted by Crippen LogP contribution is -2.27. The third kappa shape index (κ3) is 15.5. The van der Waals surface area contributed by atoms with E-state index in [1.54, 1.807) is 30.5 Å². The summed E-state index contributed by atoms with van der Waals surface area (Å²) in [6.07, 6.45) is 16.5. The zero-order valence-corrected chi connectivity index (χ0v) is 36.1. The summed E-state index contributed by atoms with van der Waals surface area (Å²) in [4.78, 5) is 39.8. The molecule has 2 N–H and O–H groups in total. The summed E-state index contributed by atoms with van der Waals surface area (Å²) < 4.78 is 23.1. The first-order valence-corrected chi connectivity index (χ1v) is 21.9. The summed E-state index contributed by atoms with van der Waals surface area (Å²) in [6.45, 7) is 11.6. The van der Waals surface area contributed by atoms with Gasteiger partial charge in [-0.25, -0.2) is 14.6 Å². The van der Waals surface area contributed by atoms with Crippen molar-refractivity contribution in [3.63, 3.8) is 0 Å². The second-order valence-electron chi connectivity index (χ2n) is 14.9. The number of esters is 2. The minimum atomic E-state index is -0.530. The predicted octanol–water partition coefficient (Wildman–Crippen LogP) is 10.5. The second-order valence-corrected chi connectivity index (χ2v) is 15.9. The molecule has 3 aromatic carbocycles. The zero-order chi connectivity index (χ0) is 43.1. The number of thiazole rings is 1. The van der Waals surface area contributed by atoms with Crippen molar-refractivity contribution in [3.8, 4) is 11.5 Å². The van der Waals surface area contributed by atoms with E-state index < -0.39 is 18.0 Å². The topological polar surface area (TPSA) is 146 Å². The van der Waals surface area contributed by atoms with Gasteiger partial charge in [-0.3, -0.25) is 10.2 Å². The first-order valence-electron chi connectivity index (χ1n) is 21.0. The molecule has 0 spiro atoms. The fourth-order valence-corrected chi connectivity index (χ4v) is 7.57. The van der Waals surface area contributed by atoms with Crippen molar-refractivity contribution in [1.82, 2.24) is 4.98 Å². The normalized spacial score (nSPS) is 16.5. The lowest BCUT2D eigenvalue weighted by Gasteiger charge is -2.29. The first-order chi connectivity index (χ1) is 29.2. The summed E-state index contributed by atoms with van der Waals surface area (Å²) in [5, 5.41) is 13.2. The number of carbonyl (C=O) groups excluding carboxylic acids is 3. The Morgan fingerprint density at radius 3 is 2.28 bits per heavy atom. The second kappa shape index (κ2) is 26.1. The van der Waals surface area contributed by atoms with Crippen LogP contribution in [0.25, 0.3) is 10.2 Å². The smallest absolute Gasteiger partial charge is 0.343 e. The van der Waals surface area contributed by atoms with Gasteiger partial charge < -0.3 is 24.1 Å². The van der Waals surface area contributed by atoms with Crippen molar-refractivity contribution < 1.29 is 38.4 Å². The number of hydrazone groups is 1. The van der Waals surface area contributed by atoms with E-state index >= 15 is 0 Å². The summed E-state index contributed by atoms with van der Waals surface area (Å²) in [7, 11) is 1.51. The number of rotatable bonds is 19. The molecule has 0 saturated heterocycles. The van der Waals surface area contributed by atoms with Crippen molar-refractivity contribution in [3.05, 3.63) is 109 Å². The monoisotopic (exact) mass is 839 g/mol. The number of aliphatic hydroxyl groups excluding tert-OH is 1. The Morgan fingerprint density at radius 1 is 0.950 bits per heavy atom. The molecule has 2 fully saturated rings. The SMILES string of the molecule is C=CC(=O)C1CCC1.C=CC(=O)OCC(COc1ccc(C(=O)Oc2ccc(C3CCC(CCC)CC3)cc2/C=N/Nc2nc3ccccc3s2)cc1)OC.CCCCO. The van der Waals surface area contributed by atoms with Crippen LogP contribution in [0.2, 0.25) is 0 Å². The molecule has 1 atom stereocenters. The van der Waals surface area contributed by atoms with Crippen LogP contribution in [0.5, 0.6) is 11.5 Å². The quantitative estimate of drug-likeness (QED) is 0.0308. The van der Waals surface area contributed by atoms with Crippen LogP contribution < -0.4 is 14.9 Å². The highest BCUT2D eigenvalue weighted by Gasteiger charge is 2.24. The summed E-state index contributed by atoms with van der Waals surface area (Å²) >= 11 is 1.52. The van der Waals surface area contributed by atoms with Crippen LogP contribution >= 0.6 is 11.3 Å². The lowest BCUT2D eigenvalue weighted by molar-refractivity contribution is -0.142. The average molecular weight is 840 g/mol. The maximum Gasteiger partial charge on any atom is 0.343 e. The fraction of sp³-hybridized carbons (Fsp3) is 0.438. The maximum absolute atomic E-state index is 13.2. The molecule has 2 saturated carbocycles. The van der Waals surface area contributed by atoms with Crippen LogP contribution in [0, 0.1) is 11.8 Å². The number of unbranched alkanes of at least 4 members (excludes halogenated alkanes) is 1. The van der Waals surface area contributed by atoms with Crippen molar-refractivity contribution in [2.24, 2.45) is 16.9 Å². The van der Waals surface area contributed by atoms with Crippen molar-refractivity contribution in [1.29, 1.82) is 0 Å². The Bertz CT molecular complexity index is 1950. The molecule has 1 heterocycles. The molecule has 0 aliphatic heterocycles. The Balaban J connectivity index is 0.000000523. The number of hydrogen-bond donors (Lipinski definition) is 2. The number of nitrogens with one attached hydrogen (secondary N) is 1. The highest BCUT2D eigenvalue weighted by molar-refractivity contribution is 7.22. The first kappa shape index (κ1) is 47.5. The van der Waals surface area contributed by atoms with E-state index in [0.717, 1.165) is 60.7 Å². The number of methoxy groups -OCH3 is 1. The average Bonchev–Trinajstić information content (AvgIpc) is 3.68. The highest BCUT2D eigenvalue weighted by Crippen LogP contribution is 2.39. The van der Waals surface area contributed by atoms with Gasteiger partial charge in [0, 0.05) is 31.3 Å². The van der Waals surface area contributed by atoms with E-state index in [2.05, 4.69) is 54.6 Å². The Labute approximate surface area is 358 Å². The van der Waals surface area contributed by atoms with E-state index in [0.29, 0.717) is 46.2 Å². The Hall–Kier alpha value is -5.17. The number of anilines is 1. The third-order valence-corrected chi connectivity index (χ3v) is 11.5. The van der Waals surface area contributed by atoms with Crippen LogP contribution in [0.4, 0.5) is 5.13 Å². The van der Waals surface area contributed by atoms with Crippen LogP contribution in [0.1, 0.15) is 112 Å². The van der Waals surface area contributed by atoms with Gasteiger partial charge in [0.2, 0.25) is 5.13 Å². The number of ether oxygens (including phenoxy) is 4. The summed E-state index contributed by atoms with van der Waals surface area (Å²) in [6, 6.07) is 20.6. The van der Waals surface area contributed by atoms with Crippen molar-refractivity contribution in [2.45, 2.75) is 96.5 Å². The van der Waals surface area contributed by atoms with E-state index in [1.165, 1.54) is 62.2 Å². The van der Waals surface area contributed by atoms with E-state index in [4.69, 9.17) is 24.1 Å². The number of benzene rings is 3. The number of para-hydroxylation sites is 1. The number of aliphatic hydroxyl groups is 1. The number of allylic oxidation sites excluding steroid dienone is 1. The maximum atomic E-state index is 13.2. The van der Waals surface area contributed by atoms with Gasteiger partial charge in [-0.05, 0) is 117 Å². The molecule has 12 heteroatoms. The minimum Gasteiger partial charge on any atom is -0.491 e. The number of ketones is 1. The number of nitrogens with zero attached hydrogens (tertiary/aromatic N) is 2. The Morgan fingerprint density at radius 2 is 1.70 bits per heavy atom. The van der Waals surface area contributed by atoms with Gasteiger partial charge >= 0.3 is 11.9 Å². The molecule has 322 valence electrons. The Kier molecular flexibility index (Phi) is 20.7. The molecular formula is C48H61N3O8S. The largest absolute Gasteiger partial charge is 0.491 e. The minimum absolute atomic E-state index is 0.0342. The molecule has 60 heavy (non-hydrogen) atoms. The predicted molar refractivity (Wildman–Crippen MR) is 240 cm³/mol. The molecule has 2 aliphatic carbocycles. The van der Waals surface area contributed by atoms with E-state index in [-0.39, 0.29) is 19.0 Å². The number of carbonyl (C=O) groups is 3. The van der Waals surface area contributed by atoms with Crippen LogP contribution in [-0.2, 0) is 19.1 Å². The molecule has 6 rings (SSSR count). The molecular weight excluding hydrogens is 779 g/mol. The van der Waals surface area contributed by atoms with Gasteiger partial charge in [0.15, 0.2) is 5.78 Å². The summed E-state index contributed by atoms with van der Waals surface area (Å²) in [5.74, 6) is 1.79. The lowest BCUT2D eigenvalue weighted by atomic mass is 9.77. The number of aromatic nitrogens is 1. The molecule has 11 nitrogen and oxygen atoms in total. The van der Waals surface area contributed by atoms with Crippen LogP contribution in [0.15, 0.2) is 97.1 Å². The molecule has 0 radical (unpaired) electrons. The van der Waals surface area contributed by atoms with Crippen molar-refractivity contribution in [2.75, 3.05) is 32.4 Å². The zero-order valence-electron chi connectivity index (χ0n) is 35.3. The standard InChI is InChI=1S/C37H41N3O6S.C7H10O.C4H10O/c1-4-8-25-11-13-26(14-12-25)28-17-20-33(29(21-28)22-38-40-37-39-32-9-6-7-10-34(32)47-37)46-36(42)27-15-18-30(19-16-27)44-23-31(43-3)24-45-35(41)5-2;1-2-7(8)6-4-3-5-6;1-2-3-4-5/h5-7,9-10,15-22,25-26,31H,2,4,8,11-14,23-24H2,1,3H3,(H,39,40);2,6H,1,3-5H2;5H,2-4H2,1H3/b38-22+;;. The highest BCUT2D eigenvalue weighted by atomic mass is 32.1. The molecule has 1 unspecified atom stereocenters. The van der Waals surface area contributed by atoms with Crippen molar-refractivity contribution >= 4 is 50.6 Å². The molecule has 0 amide bonds. The van der Waals surface area contributed by atoms with Gasteiger partial charge in [-0.1, -0.05) is 82.2 Å². The van der Waals surface area contributed by atoms with Crippen LogP contribution in [-0.4, -0.2) is 67.1 Å². The number of hydrogen-bond acceptors (Lipinski definition) is 12. The van der Waals surface area contributed by atoms with E-state index in [9.17, 15) is 14.4 Å². The van der Waals surface area contributed by atoms with Gasteiger partial charge in [0.1, 0.15) is 30.8 Å². The molecule has 2 aliphatic rings. The fourth-order valence-electron chi connectivity index (χ4n) is 6.76. The van der Waals surface area contributed by atoms with Gasteiger partial charge in [0.05, 0.1) is 22.0 Å². The van der Waals surface area contributed by atoms with E-state index in [1.807, 2.05) is 30.3 Å². The van der Waals surface area contributed by atoms with Gasteiger partial charge in [0.25, 0.3) is 0 Å².